The second-order valence-electron chi connectivity index (χ2n) is 3.66. The van der Waals surface area contributed by atoms with E-state index in [1.807, 2.05) is 49.4 Å². The summed E-state index contributed by atoms with van der Waals surface area (Å²) >= 11 is 1.57. The Morgan fingerprint density at radius 1 is 1.24 bits per heavy atom. The molecule has 1 aromatic heterocycles. The third kappa shape index (κ3) is 3.07. The first kappa shape index (κ1) is 11.7. The number of benzene rings is 1. The lowest BCUT2D eigenvalue weighted by Gasteiger charge is -2.05. The summed E-state index contributed by atoms with van der Waals surface area (Å²) in [5.74, 6) is 0.0745. The predicted octanol–water partition coefficient (Wildman–Crippen LogP) is 2.83. The molecule has 0 unspecified atom stereocenters. The predicted molar refractivity (Wildman–Crippen MR) is 70.6 cm³/mol. The van der Waals surface area contributed by atoms with Crippen LogP contribution in [-0.4, -0.2) is 10.8 Å². The second kappa shape index (κ2) is 5.01. The number of amidine groups is 1. The van der Waals surface area contributed by atoms with E-state index in [1.165, 1.54) is 0 Å². The molecule has 2 aromatic rings. The van der Waals surface area contributed by atoms with Crippen LogP contribution in [0.5, 0.6) is 0 Å². The molecule has 0 aliphatic heterocycles. The largest absolute Gasteiger partial charge is 0.384 e. The quantitative estimate of drug-likeness (QED) is 0.643. The fraction of sp³-hybridized carbons (Fsp3) is 0.0769. The van der Waals surface area contributed by atoms with Gasteiger partial charge in [0.15, 0.2) is 0 Å². The minimum absolute atomic E-state index is 0.0745. The summed E-state index contributed by atoms with van der Waals surface area (Å²) < 4.78 is 0. The van der Waals surface area contributed by atoms with Crippen LogP contribution in [0.25, 0.3) is 0 Å². The molecule has 0 saturated heterocycles. The van der Waals surface area contributed by atoms with E-state index in [4.69, 9.17) is 11.1 Å². The summed E-state index contributed by atoms with van der Waals surface area (Å²) in [6.45, 7) is 1.90. The van der Waals surface area contributed by atoms with Crippen LogP contribution in [0.4, 0.5) is 0 Å². The van der Waals surface area contributed by atoms with Crippen molar-refractivity contribution >= 4 is 17.6 Å². The summed E-state index contributed by atoms with van der Waals surface area (Å²) in [4.78, 5) is 5.55. The van der Waals surface area contributed by atoms with Crippen molar-refractivity contribution in [2.24, 2.45) is 5.73 Å². The van der Waals surface area contributed by atoms with Gasteiger partial charge in [-0.3, -0.25) is 5.41 Å². The van der Waals surface area contributed by atoms with Crippen molar-refractivity contribution < 1.29 is 0 Å². The fourth-order valence-corrected chi connectivity index (χ4v) is 2.37. The first-order valence-electron chi connectivity index (χ1n) is 5.21. The van der Waals surface area contributed by atoms with Gasteiger partial charge in [-0.2, -0.15) is 0 Å². The van der Waals surface area contributed by atoms with Crippen molar-refractivity contribution in [3.05, 3.63) is 53.7 Å². The van der Waals surface area contributed by atoms with Gasteiger partial charge in [-0.1, -0.05) is 30.0 Å². The summed E-state index contributed by atoms with van der Waals surface area (Å²) in [6.07, 6.45) is 0. The Labute approximate surface area is 105 Å². The molecule has 3 N–H and O–H groups in total. The molecule has 0 aliphatic carbocycles. The maximum atomic E-state index is 7.45. The number of aromatic nitrogens is 1. The lowest BCUT2D eigenvalue weighted by atomic mass is 10.2. The van der Waals surface area contributed by atoms with Crippen LogP contribution in [0, 0.1) is 12.3 Å². The normalized spacial score (nSPS) is 10.2. The van der Waals surface area contributed by atoms with Crippen molar-refractivity contribution in [3.63, 3.8) is 0 Å². The molecule has 0 spiro atoms. The number of nitrogens with zero attached hydrogens (tertiary/aromatic N) is 1. The number of pyridine rings is 1. The Hall–Kier alpha value is -1.81. The summed E-state index contributed by atoms with van der Waals surface area (Å²) in [5.41, 5.74) is 7.08. The van der Waals surface area contributed by atoms with Crippen molar-refractivity contribution in [3.8, 4) is 0 Å². The number of hydrogen-bond acceptors (Lipinski definition) is 3. The van der Waals surface area contributed by atoms with E-state index in [2.05, 4.69) is 4.98 Å². The summed E-state index contributed by atoms with van der Waals surface area (Å²) in [7, 11) is 0. The standard InChI is InChI=1S/C13H13N3S/c1-9-7-10(13(14)15)8-12(16-9)17-11-5-3-2-4-6-11/h2-8H,1H3,(H3,14,15). The van der Waals surface area contributed by atoms with Gasteiger partial charge in [0.1, 0.15) is 10.9 Å². The highest BCUT2D eigenvalue weighted by Crippen LogP contribution is 2.26. The third-order valence-corrected chi connectivity index (χ3v) is 3.13. The first-order chi connectivity index (χ1) is 8.15. The number of aryl methyl sites for hydroxylation is 1. The monoisotopic (exact) mass is 243 g/mol. The van der Waals surface area contributed by atoms with Gasteiger partial charge in [0, 0.05) is 16.2 Å². The topological polar surface area (TPSA) is 62.8 Å². The molecule has 0 amide bonds. The van der Waals surface area contributed by atoms with Gasteiger partial charge >= 0.3 is 0 Å². The molecule has 2 rings (SSSR count). The Morgan fingerprint density at radius 3 is 2.59 bits per heavy atom. The molecular weight excluding hydrogens is 230 g/mol. The zero-order valence-corrected chi connectivity index (χ0v) is 10.3. The molecule has 0 aliphatic rings. The van der Waals surface area contributed by atoms with Crippen molar-refractivity contribution in [2.75, 3.05) is 0 Å². The highest BCUT2D eigenvalue weighted by atomic mass is 32.2. The maximum Gasteiger partial charge on any atom is 0.122 e. The average molecular weight is 243 g/mol. The van der Waals surface area contributed by atoms with Gasteiger partial charge in [0.05, 0.1) is 0 Å². The molecule has 0 saturated carbocycles. The summed E-state index contributed by atoms with van der Waals surface area (Å²) in [6, 6.07) is 13.7. The third-order valence-electron chi connectivity index (χ3n) is 2.21. The molecule has 0 radical (unpaired) electrons. The smallest absolute Gasteiger partial charge is 0.122 e. The zero-order valence-electron chi connectivity index (χ0n) is 9.47. The maximum absolute atomic E-state index is 7.45. The number of nitrogen functional groups attached to an aromatic ring is 1. The van der Waals surface area contributed by atoms with Crippen LogP contribution in [0.15, 0.2) is 52.4 Å². The van der Waals surface area contributed by atoms with Crippen LogP contribution in [0.2, 0.25) is 0 Å². The van der Waals surface area contributed by atoms with Gasteiger partial charge in [-0.25, -0.2) is 4.98 Å². The Morgan fingerprint density at radius 2 is 1.94 bits per heavy atom. The molecule has 1 aromatic carbocycles. The Balaban J connectivity index is 2.30. The number of hydrogen-bond donors (Lipinski definition) is 2. The van der Waals surface area contributed by atoms with E-state index >= 15 is 0 Å². The van der Waals surface area contributed by atoms with Crippen LogP contribution in [0.1, 0.15) is 11.3 Å². The van der Waals surface area contributed by atoms with Gasteiger partial charge < -0.3 is 5.73 Å². The van der Waals surface area contributed by atoms with Gasteiger partial charge in [-0.15, -0.1) is 0 Å². The van der Waals surface area contributed by atoms with E-state index in [-0.39, 0.29) is 5.84 Å². The second-order valence-corrected chi connectivity index (χ2v) is 4.76. The molecular formula is C13H13N3S. The number of nitrogens with one attached hydrogen (secondary N) is 1. The molecule has 3 nitrogen and oxygen atoms in total. The van der Waals surface area contributed by atoms with Crippen molar-refractivity contribution in [1.29, 1.82) is 5.41 Å². The van der Waals surface area contributed by atoms with E-state index < -0.39 is 0 Å². The fourth-order valence-electron chi connectivity index (χ4n) is 1.46. The number of rotatable bonds is 3. The van der Waals surface area contributed by atoms with Crippen LogP contribution < -0.4 is 5.73 Å². The van der Waals surface area contributed by atoms with Gasteiger partial charge in [-0.05, 0) is 31.2 Å². The molecule has 4 heteroatoms. The molecule has 0 atom stereocenters. The SMILES string of the molecule is Cc1cc(C(=N)N)cc(Sc2ccccc2)n1. The highest BCUT2D eigenvalue weighted by Gasteiger charge is 2.04. The van der Waals surface area contributed by atoms with E-state index in [9.17, 15) is 0 Å². The van der Waals surface area contributed by atoms with Crippen molar-refractivity contribution in [2.45, 2.75) is 16.8 Å². The van der Waals surface area contributed by atoms with Gasteiger partial charge in [0.2, 0.25) is 0 Å². The average Bonchev–Trinajstić information content (AvgIpc) is 2.29. The van der Waals surface area contributed by atoms with Crippen LogP contribution in [-0.2, 0) is 0 Å². The highest BCUT2D eigenvalue weighted by molar-refractivity contribution is 7.99. The van der Waals surface area contributed by atoms with Gasteiger partial charge in [0.25, 0.3) is 0 Å². The van der Waals surface area contributed by atoms with Crippen LogP contribution in [0.3, 0.4) is 0 Å². The van der Waals surface area contributed by atoms with E-state index in [1.54, 1.807) is 11.8 Å². The molecule has 0 bridgehead atoms. The lowest BCUT2D eigenvalue weighted by Crippen LogP contribution is -2.11. The zero-order chi connectivity index (χ0) is 12.3. The molecule has 17 heavy (non-hydrogen) atoms. The van der Waals surface area contributed by atoms with E-state index in [0.29, 0.717) is 0 Å². The molecule has 86 valence electrons. The van der Waals surface area contributed by atoms with Crippen LogP contribution >= 0.6 is 11.8 Å². The first-order valence-corrected chi connectivity index (χ1v) is 6.03. The van der Waals surface area contributed by atoms with Crippen molar-refractivity contribution in [1.82, 2.24) is 4.98 Å². The molecule has 1 heterocycles. The summed E-state index contributed by atoms with van der Waals surface area (Å²) in [5, 5.41) is 8.31. The lowest BCUT2D eigenvalue weighted by molar-refractivity contribution is 1.06. The Kier molecular flexibility index (Phi) is 3.44. The molecule has 0 fully saturated rings. The minimum atomic E-state index is 0.0745. The van der Waals surface area contributed by atoms with E-state index in [0.717, 1.165) is 21.2 Å². The Bertz CT molecular complexity index is 538. The number of nitrogens with two attached hydrogens (primary N) is 1. The minimum Gasteiger partial charge on any atom is -0.384 e.